The maximum Gasteiger partial charge on any atom is 0.275 e. The van der Waals surface area contributed by atoms with E-state index in [0.717, 1.165) is 0 Å². The van der Waals surface area contributed by atoms with Crippen molar-refractivity contribution in [3.8, 4) is 0 Å². The Bertz CT molecular complexity index is 602. The van der Waals surface area contributed by atoms with E-state index in [9.17, 15) is 4.79 Å². The molecule has 0 aliphatic carbocycles. The third-order valence-electron chi connectivity index (χ3n) is 2.20. The van der Waals surface area contributed by atoms with Crippen molar-refractivity contribution in [2.75, 3.05) is 11.1 Å². The molecule has 0 aliphatic heterocycles. The molecule has 92 valence electrons. The number of aromatic nitrogens is 1. The van der Waals surface area contributed by atoms with E-state index in [2.05, 4.69) is 10.3 Å². The topological polar surface area (TPSA) is 68.0 Å². The Labute approximate surface area is 114 Å². The average Bonchev–Trinajstić information content (AvgIpc) is 2.35. The molecule has 3 N–H and O–H groups in total. The van der Waals surface area contributed by atoms with Crippen molar-refractivity contribution in [2.24, 2.45) is 0 Å². The lowest BCUT2D eigenvalue weighted by Crippen LogP contribution is -2.15. The highest BCUT2D eigenvalue weighted by atomic mass is 35.5. The molecule has 0 spiro atoms. The Morgan fingerprint density at radius 2 is 1.83 bits per heavy atom. The third kappa shape index (κ3) is 2.72. The average molecular weight is 282 g/mol. The molecule has 4 nitrogen and oxygen atoms in total. The number of hydrogen-bond donors (Lipinski definition) is 2. The van der Waals surface area contributed by atoms with Gasteiger partial charge in [0.05, 0.1) is 15.7 Å². The Kier molecular flexibility index (Phi) is 3.69. The molecule has 0 bridgehead atoms. The summed E-state index contributed by atoms with van der Waals surface area (Å²) in [5, 5.41) is 3.29. The van der Waals surface area contributed by atoms with Crippen molar-refractivity contribution in [3.05, 3.63) is 52.1 Å². The van der Waals surface area contributed by atoms with Crippen molar-refractivity contribution in [2.45, 2.75) is 0 Å². The molecule has 0 saturated carbocycles. The lowest BCUT2D eigenvalue weighted by atomic mass is 10.3. The number of pyridine rings is 1. The van der Waals surface area contributed by atoms with Gasteiger partial charge in [-0.3, -0.25) is 4.79 Å². The van der Waals surface area contributed by atoms with E-state index in [1.165, 1.54) is 12.1 Å². The summed E-state index contributed by atoms with van der Waals surface area (Å²) in [5.74, 6) is -0.232. The SMILES string of the molecule is Nc1ccc(Cl)c(C(=O)Nc2ccccc2Cl)n1. The number of nitrogens with two attached hydrogens (primary N) is 1. The summed E-state index contributed by atoms with van der Waals surface area (Å²) in [7, 11) is 0. The van der Waals surface area contributed by atoms with Gasteiger partial charge in [-0.1, -0.05) is 35.3 Å². The summed E-state index contributed by atoms with van der Waals surface area (Å²) in [6, 6.07) is 9.92. The van der Waals surface area contributed by atoms with Crippen molar-refractivity contribution in [3.63, 3.8) is 0 Å². The van der Waals surface area contributed by atoms with Crippen LogP contribution in [-0.2, 0) is 0 Å². The monoisotopic (exact) mass is 281 g/mol. The molecule has 1 aromatic heterocycles. The molecular weight excluding hydrogens is 273 g/mol. The molecule has 0 unspecified atom stereocenters. The summed E-state index contributed by atoms with van der Waals surface area (Å²) in [5.41, 5.74) is 6.07. The van der Waals surface area contributed by atoms with Crippen LogP contribution in [0.4, 0.5) is 11.5 Å². The van der Waals surface area contributed by atoms with E-state index in [-0.39, 0.29) is 16.5 Å². The molecule has 0 saturated heterocycles. The van der Waals surface area contributed by atoms with Crippen LogP contribution in [0.25, 0.3) is 0 Å². The summed E-state index contributed by atoms with van der Waals surface area (Å²) in [6.45, 7) is 0. The van der Waals surface area contributed by atoms with Crippen LogP contribution in [-0.4, -0.2) is 10.9 Å². The maximum atomic E-state index is 12.0. The molecule has 0 fully saturated rings. The zero-order valence-electron chi connectivity index (χ0n) is 9.15. The number of hydrogen-bond acceptors (Lipinski definition) is 3. The van der Waals surface area contributed by atoms with Gasteiger partial charge in [0.2, 0.25) is 0 Å². The summed E-state index contributed by atoms with van der Waals surface area (Å²) >= 11 is 11.8. The van der Waals surface area contributed by atoms with Gasteiger partial charge < -0.3 is 11.1 Å². The van der Waals surface area contributed by atoms with Gasteiger partial charge in [0, 0.05) is 0 Å². The fraction of sp³-hybridized carbons (Fsp3) is 0. The summed E-state index contributed by atoms with van der Waals surface area (Å²) < 4.78 is 0. The number of carbonyl (C=O) groups excluding carboxylic acids is 1. The van der Waals surface area contributed by atoms with Gasteiger partial charge in [0.1, 0.15) is 11.5 Å². The van der Waals surface area contributed by atoms with E-state index in [1.807, 2.05) is 0 Å². The van der Waals surface area contributed by atoms with Crippen molar-refractivity contribution in [1.29, 1.82) is 0 Å². The van der Waals surface area contributed by atoms with Crippen LogP contribution in [0, 0.1) is 0 Å². The number of nitrogen functional groups attached to an aromatic ring is 1. The zero-order chi connectivity index (χ0) is 13.1. The fourth-order valence-corrected chi connectivity index (χ4v) is 1.73. The number of anilines is 2. The fourth-order valence-electron chi connectivity index (χ4n) is 1.36. The van der Waals surface area contributed by atoms with Gasteiger partial charge >= 0.3 is 0 Å². The summed E-state index contributed by atoms with van der Waals surface area (Å²) in [6.07, 6.45) is 0. The molecule has 6 heteroatoms. The molecule has 1 amide bonds. The molecule has 0 aliphatic rings. The van der Waals surface area contributed by atoms with Gasteiger partial charge in [0.15, 0.2) is 0 Å². The number of amides is 1. The largest absolute Gasteiger partial charge is 0.384 e. The molecule has 1 aromatic carbocycles. The van der Waals surface area contributed by atoms with E-state index >= 15 is 0 Å². The number of halogens is 2. The van der Waals surface area contributed by atoms with Crippen LogP contribution in [0.5, 0.6) is 0 Å². The predicted molar refractivity (Wildman–Crippen MR) is 73.1 cm³/mol. The maximum absolute atomic E-state index is 12.0. The van der Waals surface area contributed by atoms with Gasteiger partial charge in [-0.25, -0.2) is 4.98 Å². The minimum atomic E-state index is -0.458. The number of rotatable bonds is 2. The number of para-hydroxylation sites is 1. The van der Waals surface area contributed by atoms with Crippen molar-refractivity contribution >= 4 is 40.6 Å². The van der Waals surface area contributed by atoms with Crippen LogP contribution in [0.2, 0.25) is 10.0 Å². The highest BCUT2D eigenvalue weighted by Gasteiger charge is 2.13. The van der Waals surface area contributed by atoms with Crippen molar-refractivity contribution < 1.29 is 4.79 Å². The Morgan fingerprint density at radius 3 is 2.56 bits per heavy atom. The minimum absolute atomic E-state index is 0.0663. The molecule has 18 heavy (non-hydrogen) atoms. The van der Waals surface area contributed by atoms with Gasteiger partial charge in [-0.05, 0) is 24.3 Å². The predicted octanol–water partition coefficient (Wildman–Crippen LogP) is 3.22. The van der Waals surface area contributed by atoms with E-state index in [4.69, 9.17) is 28.9 Å². The normalized spacial score (nSPS) is 10.1. The third-order valence-corrected chi connectivity index (χ3v) is 2.84. The van der Waals surface area contributed by atoms with Crippen LogP contribution in [0.1, 0.15) is 10.5 Å². The smallest absolute Gasteiger partial charge is 0.275 e. The Balaban J connectivity index is 2.28. The zero-order valence-corrected chi connectivity index (χ0v) is 10.7. The molecule has 2 rings (SSSR count). The highest BCUT2D eigenvalue weighted by molar-refractivity contribution is 6.35. The molecule has 2 aromatic rings. The first-order chi connectivity index (χ1) is 8.58. The number of nitrogens with one attached hydrogen (secondary N) is 1. The number of benzene rings is 1. The van der Waals surface area contributed by atoms with Gasteiger partial charge in [-0.2, -0.15) is 0 Å². The van der Waals surface area contributed by atoms with Crippen LogP contribution < -0.4 is 11.1 Å². The number of carbonyl (C=O) groups is 1. The van der Waals surface area contributed by atoms with Crippen molar-refractivity contribution in [1.82, 2.24) is 4.98 Å². The lowest BCUT2D eigenvalue weighted by molar-refractivity contribution is 0.102. The lowest BCUT2D eigenvalue weighted by Gasteiger charge is -2.07. The Morgan fingerprint density at radius 1 is 1.11 bits per heavy atom. The standard InChI is InChI=1S/C12H9Cl2N3O/c13-7-3-1-2-4-9(7)16-12(18)11-8(14)5-6-10(15)17-11/h1-6H,(H2,15,17)(H,16,18). The highest BCUT2D eigenvalue weighted by Crippen LogP contribution is 2.22. The Hall–Kier alpha value is -1.78. The molecular formula is C12H9Cl2N3O. The molecule has 1 heterocycles. The van der Waals surface area contributed by atoms with Gasteiger partial charge in [-0.15, -0.1) is 0 Å². The second kappa shape index (κ2) is 5.25. The summed E-state index contributed by atoms with van der Waals surface area (Å²) in [4.78, 5) is 15.9. The molecule has 0 radical (unpaired) electrons. The second-order valence-corrected chi connectivity index (χ2v) is 4.31. The first kappa shape index (κ1) is 12.7. The minimum Gasteiger partial charge on any atom is -0.384 e. The van der Waals surface area contributed by atoms with E-state index in [0.29, 0.717) is 10.7 Å². The van der Waals surface area contributed by atoms with Gasteiger partial charge in [0.25, 0.3) is 5.91 Å². The second-order valence-electron chi connectivity index (χ2n) is 3.50. The van der Waals surface area contributed by atoms with Crippen LogP contribution in [0.15, 0.2) is 36.4 Å². The van der Waals surface area contributed by atoms with E-state index < -0.39 is 5.91 Å². The first-order valence-electron chi connectivity index (χ1n) is 5.06. The molecule has 0 atom stereocenters. The first-order valence-corrected chi connectivity index (χ1v) is 5.81. The van der Waals surface area contributed by atoms with Crippen LogP contribution in [0.3, 0.4) is 0 Å². The van der Waals surface area contributed by atoms with E-state index in [1.54, 1.807) is 24.3 Å². The quantitative estimate of drug-likeness (QED) is 0.888. The number of nitrogens with zero attached hydrogens (tertiary/aromatic N) is 1. The van der Waals surface area contributed by atoms with Crippen LogP contribution >= 0.6 is 23.2 Å².